The van der Waals surface area contributed by atoms with Crippen LogP contribution in [-0.4, -0.2) is 151 Å². The van der Waals surface area contributed by atoms with E-state index in [0.717, 1.165) is 0 Å². The third-order valence-corrected chi connectivity index (χ3v) is 5.02. The summed E-state index contributed by atoms with van der Waals surface area (Å²) >= 11 is 0. The highest BCUT2D eigenvalue weighted by atomic mass is 16.5. The molecule has 0 fully saturated rings. The van der Waals surface area contributed by atoms with Crippen molar-refractivity contribution in [2.24, 2.45) is 10.8 Å². The molecule has 0 aliphatic rings. The van der Waals surface area contributed by atoms with E-state index < -0.39 is 10.8 Å². The zero-order valence-electron chi connectivity index (χ0n) is 21.5. The number of aliphatic hydroxyl groups is 5. The lowest BCUT2D eigenvalue weighted by molar-refractivity contribution is -0.145. The van der Waals surface area contributed by atoms with Crippen LogP contribution in [0.15, 0.2) is 0 Å². The van der Waals surface area contributed by atoms with Crippen LogP contribution in [-0.2, 0) is 33.2 Å². The molecule has 0 aliphatic carbocycles. The standard InChI is InChI=1S/C24H48O12/c1-2-30-15-23(17-32-11-6-26,18-33-12-7-27)21-36-22-24(19-34-13-8-28,20-35-14-9-29)16-31-10-4-3-5-25/h1,25-29H,2-22H2. The fraction of sp³-hybridized carbons (Fsp3) is 0.958. The number of rotatable bonds is 29. The van der Waals surface area contributed by atoms with Gasteiger partial charge in [-0.05, 0) is 19.8 Å². The fourth-order valence-electron chi connectivity index (χ4n) is 3.28. The van der Waals surface area contributed by atoms with Gasteiger partial charge in [0.15, 0.2) is 0 Å². The van der Waals surface area contributed by atoms with Crippen LogP contribution >= 0.6 is 0 Å². The van der Waals surface area contributed by atoms with Gasteiger partial charge in [0.05, 0.1) is 123 Å². The summed E-state index contributed by atoms with van der Waals surface area (Å²) in [6.45, 7) is 7.30. The van der Waals surface area contributed by atoms with Gasteiger partial charge in [-0.15, -0.1) is 0 Å². The molecular formula is C24H48O12. The lowest BCUT2D eigenvalue weighted by atomic mass is 9.90. The van der Waals surface area contributed by atoms with Crippen molar-refractivity contribution in [3.63, 3.8) is 0 Å². The average Bonchev–Trinajstić information content (AvgIpc) is 2.88. The minimum Gasteiger partial charge on any atom is -0.396 e. The van der Waals surface area contributed by atoms with Crippen molar-refractivity contribution in [1.82, 2.24) is 0 Å². The van der Waals surface area contributed by atoms with E-state index in [1.54, 1.807) is 0 Å². The average molecular weight is 529 g/mol. The van der Waals surface area contributed by atoms with Crippen LogP contribution in [0, 0.1) is 17.8 Å². The Morgan fingerprint density at radius 3 is 1.06 bits per heavy atom. The van der Waals surface area contributed by atoms with Crippen molar-refractivity contribution >= 4 is 0 Å². The molecule has 0 unspecified atom stereocenters. The Bertz CT molecular complexity index is 435. The van der Waals surface area contributed by atoms with Crippen LogP contribution in [0.25, 0.3) is 0 Å². The first-order valence-electron chi connectivity index (χ1n) is 12.4. The van der Waals surface area contributed by atoms with Gasteiger partial charge in [0.2, 0.25) is 0 Å². The molecule has 0 spiro atoms. The van der Waals surface area contributed by atoms with Gasteiger partial charge in [-0.3, -0.25) is 0 Å². The Morgan fingerprint density at radius 1 is 0.389 bits per heavy atom. The Labute approximate surface area is 215 Å². The van der Waals surface area contributed by atoms with E-state index in [0.29, 0.717) is 19.4 Å². The number of hydrogen-bond donors (Lipinski definition) is 5. The summed E-state index contributed by atoms with van der Waals surface area (Å²) in [6.07, 6.45) is 1.31. The Hall–Kier alpha value is -0.480. The molecule has 0 rings (SSSR count). The van der Waals surface area contributed by atoms with Gasteiger partial charge in [-0.1, -0.05) is 0 Å². The second kappa shape index (κ2) is 24.8. The van der Waals surface area contributed by atoms with Crippen molar-refractivity contribution < 1.29 is 58.7 Å². The van der Waals surface area contributed by atoms with Gasteiger partial charge >= 0.3 is 0 Å². The van der Waals surface area contributed by atoms with Crippen molar-refractivity contribution in [3.05, 3.63) is 6.92 Å². The molecule has 12 nitrogen and oxygen atoms in total. The van der Waals surface area contributed by atoms with Gasteiger partial charge in [-0.2, -0.15) is 0 Å². The molecule has 5 N–H and O–H groups in total. The van der Waals surface area contributed by atoms with E-state index in [4.69, 9.17) is 65.6 Å². The first-order valence-corrected chi connectivity index (χ1v) is 12.4. The molecule has 0 aromatic carbocycles. The first kappa shape index (κ1) is 35.5. The lowest BCUT2D eigenvalue weighted by Crippen LogP contribution is -2.46. The maximum Gasteiger partial charge on any atom is 0.0698 e. The topological polar surface area (TPSA) is 166 Å². The van der Waals surface area contributed by atoms with Gasteiger partial charge in [0, 0.05) is 13.2 Å². The van der Waals surface area contributed by atoms with Crippen molar-refractivity contribution in [2.75, 3.05) is 126 Å². The minimum atomic E-state index is -0.769. The quantitative estimate of drug-likeness (QED) is 0.0717. The smallest absolute Gasteiger partial charge is 0.0698 e. The second-order valence-corrected chi connectivity index (χ2v) is 8.60. The predicted molar refractivity (Wildman–Crippen MR) is 130 cm³/mol. The van der Waals surface area contributed by atoms with Crippen molar-refractivity contribution in [3.8, 4) is 0 Å². The predicted octanol–water partition coefficient (Wildman–Crippen LogP) is -1.47. The van der Waals surface area contributed by atoms with E-state index in [9.17, 15) is 0 Å². The highest BCUT2D eigenvalue weighted by Gasteiger charge is 2.36. The summed E-state index contributed by atoms with van der Waals surface area (Å²) in [7, 11) is 0. The summed E-state index contributed by atoms with van der Waals surface area (Å²) in [4.78, 5) is 0. The summed E-state index contributed by atoms with van der Waals surface area (Å²) in [5, 5.41) is 45.5. The lowest BCUT2D eigenvalue weighted by Gasteiger charge is -2.36. The maximum atomic E-state index is 9.16. The Kier molecular flexibility index (Phi) is 24.5. The number of ether oxygens (including phenoxy) is 7. The fourth-order valence-corrected chi connectivity index (χ4v) is 3.28. The van der Waals surface area contributed by atoms with Crippen LogP contribution in [0.2, 0.25) is 0 Å². The number of unbranched alkanes of at least 4 members (excludes halogenated alkanes) is 1. The monoisotopic (exact) mass is 528 g/mol. The first-order chi connectivity index (χ1) is 17.6. The molecule has 0 aliphatic heterocycles. The van der Waals surface area contributed by atoms with E-state index in [1.165, 1.54) is 0 Å². The molecule has 0 atom stereocenters. The summed E-state index contributed by atoms with van der Waals surface area (Å²) < 4.78 is 39.9. The number of hydrogen-bond acceptors (Lipinski definition) is 12. The summed E-state index contributed by atoms with van der Waals surface area (Å²) in [5.41, 5.74) is -1.52. The molecular weight excluding hydrogens is 480 g/mol. The van der Waals surface area contributed by atoms with Gasteiger partial charge in [0.1, 0.15) is 0 Å². The Balaban J connectivity index is 5.47. The Morgan fingerprint density at radius 2 is 0.722 bits per heavy atom. The third-order valence-electron chi connectivity index (χ3n) is 5.02. The molecule has 0 aromatic heterocycles. The molecule has 2 radical (unpaired) electrons. The van der Waals surface area contributed by atoms with Crippen LogP contribution in [0.1, 0.15) is 12.8 Å². The van der Waals surface area contributed by atoms with Crippen molar-refractivity contribution in [1.29, 1.82) is 0 Å². The van der Waals surface area contributed by atoms with E-state index in [2.05, 4.69) is 0 Å². The van der Waals surface area contributed by atoms with Crippen LogP contribution in [0.4, 0.5) is 0 Å². The highest BCUT2D eigenvalue weighted by Crippen LogP contribution is 2.25. The molecule has 0 saturated heterocycles. The molecule has 36 heavy (non-hydrogen) atoms. The molecule has 0 aromatic rings. The third kappa shape index (κ3) is 17.9. The molecule has 0 heterocycles. The highest BCUT2D eigenvalue weighted by molar-refractivity contribution is 4.83. The van der Waals surface area contributed by atoms with Crippen molar-refractivity contribution in [2.45, 2.75) is 12.8 Å². The normalized spacial score (nSPS) is 12.5. The van der Waals surface area contributed by atoms with E-state index >= 15 is 0 Å². The zero-order chi connectivity index (χ0) is 26.8. The maximum absolute atomic E-state index is 9.16. The van der Waals surface area contributed by atoms with Gasteiger partial charge < -0.3 is 58.7 Å². The van der Waals surface area contributed by atoms with Gasteiger partial charge in [-0.25, -0.2) is 0 Å². The van der Waals surface area contributed by atoms with Crippen LogP contribution in [0.5, 0.6) is 0 Å². The van der Waals surface area contributed by atoms with E-state index in [-0.39, 0.29) is 119 Å². The van der Waals surface area contributed by atoms with Gasteiger partial charge in [0.25, 0.3) is 0 Å². The summed E-state index contributed by atoms with van der Waals surface area (Å²) in [6, 6.07) is 0. The zero-order valence-corrected chi connectivity index (χ0v) is 21.5. The second-order valence-electron chi connectivity index (χ2n) is 8.60. The number of aliphatic hydroxyl groups excluding tert-OH is 5. The molecule has 0 amide bonds. The van der Waals surface area contributed by atoms with Crippen LogP contribution < -0.4 is 0 Å². The molecule has 216 valence electrons. The van der Waals surface area contributed by atoms with Crippen LogP contribution in [0.3, 0.4) is 0 Å². The molecule has 12 heteroatoms. The molecule has 0 saturated carbocycles. The largest absolute Gasteiger partial charge is 0.396 e. The minimum absolute atomic E-state index is 0.0165. The van der Waals surface area contributed by atoms with E-state index in [1.807, 2.05) is 0 Å². The SMILES string of the molecule is [CH]COCC(COCCO)(COCCO)COCC(COCCO)(COCCO)COCCCCO. The summed E-state index contributed by atoms with van der Waals surface area (Å²) in [5.74, 6) is 0. The molecule has 0 bridgehead atoms.